The lowest BCUT2D eigenvalue weighted by Gasteiger charge is -2.31. The van der Waals surface area contributed by atoms with Crippen molar-refractivity contribution in [3.8, 4) is 0 Å². The van der Waals surface area contributed by atoms with E-state index in [-0.39, 0.29) is 5.41 Å². The molecule has 5 heteroatoms. The van der Waals surface area contributed by atoms with E-state index in [9.17, 15) is 0 Å². The van der Waals surface area contributed by atoms with Crippen LogP contribution in [-0.4, -0.2) is 52.0 Å². The summed E-state index contributed by atoms with van der Waals surface area (Å²) in [4.78, 5) is 4.33. The second-order valence-corrected chi connectivity index (χ2v) is 7.52. The van der Waals surface area contributed by atoms with Crippen molar-refractivity contribution in [1.82, 2.24) is 10.6 Å². The van der Waals surface area contributed by atoms with E-state index in [1.807, 2.05) is 7.05 Å². The Morgan fingerprint density at radius 1 is 1.30 bits per heavy atom. The molecule has 0 saturated carbocycles. The van der Waals surface area contributed by atoms with Crippen LogP contribution in [0.4, 0.5) is 0 Å². The highest BCUT2D eigenvalue weighted by atomic mass is 16.5. The molecule has 0 aliphatic carbocycles. The molecule has 132 valence electrons. The average molecular weight is 323 g/mol. The minimum Gasteiger partial charge on any atom is -0.377 e. The third-order valence-corrected chi connectivity index (χ3v) is 4.62. The van der Waals surface area contributed by atoms with E-state index in [4.69, 9.17) is 9.47 Å². The van der Waals surface area contributed by atoms with Crippen LogP contribution in [0.1, 0.15) is 40.0 Å². The Morgan fingerprint density at radius 3 is 2.78 bits per heavy atom. The largest absolute Gasteiger partial charge is 0.377 e. The fourth-order valence-corrected chi connectivity index (χ4v) is 3.38. The summed E-state index contributed by atoms with van der Waals surface area (Å²) in [6, 6.07) is 0. The van der Waals surface area contributed by atoms with E-state index in [0.717, 1.165) is 58.1 Å². The van der Waals surface area contributed by atoms with Crippen molar-refractivity contribution < 1.29 is 9.47 Å². The molecule has 5 nitrogen and oxygen atoms in total. The van der Waals surface area contributed by atoms with Gasteiger partial charge in [-0.05, 0) is 24.7 Å². The van der Waals surface area contributed by atoms with Crippen LogP contribution >= 0.6 is 0 Å². The SMILES string of the molecule is CN=C(NCCC1=CCOCC1)NC[C@@H]1CCO[C@H]1C(C)(C)C. The lowest BCUT2D eigenvalue weighted by Crippen LogP contribution is -2.43. The van der Waals surface area contributed by atoms with Crippen molar-refractivity contribution in [3.63, 3.8) is 0 Å². The van der Waals surface area contributed by atoms with Crippen LogP contribution in [0.15, 0.2) is 16.6 Å². The third kappa shape index (κ3) is 5.81. The molecule has 2 N–H and O–H groups in total. The summed E-state index contributed by atoms with van der Waals surface area (Å²) < 4.78 is 11.3. The summed E-state index contributed by atoms with van der Waals surface area (Å²) in [5, 5.41) is 6.88. The zero-order valence-corrected chi connectivity index (χ0v) is 15.2. The van der Waals surface area contributed by atoms with Gasteiger partial charge in [0.05, 0.1) is 19.3 Å². The van der Waals surface area contributed by atoms with Gasteiger partial charge in [0, 0.05) is 32.7 Å². The first kappa shape index (κ1) is 18.3. The summed E-state index contributed by atoms with van der Waals surface area (Å²) in [5.41, 5.74) is 1.67. The lowest BCUT2D eigenvalue weighted by molar-refractivity contribution is 0.00801. The van der Waals surface area contributed by atoms with Gasteiger partial charge in [-0.3, -0.25) is 4.99 Å². The Hall–Kier alpha value is -1.07. The normalized spacial score (nSPS) is 26.1. The topological polar surface area (TPSA) is 54.9 Å². The molecule has 2 atom stereocenters. The van der Waals surface area contributed by atoms with Gasteiger partial charge in [0.15, 0.2) is 5.96 Å². The Labute approximate surface area is 140 Å². The highest BCUT2D eigenvalue weighted by molar-refractivity contribution is 5.79. The van der Waals surface area contributed by atoms with Gasteiger partial charge in [-0.2, -0.15) is 0 Å². The number of aliphatic imine (C=N–C) groups is 1. The summed E-state index contributed by atoms with van der Waals surface area (Å²) in [6.07, 6.45) is 5.76. The van der Waals surface area contributed by atoms with Gasteiger partial charge in [0.2, 0.25) is 0 Å². The molecule has 0 amide bonds. The van der Waals surface area contributed by atoms with E-state index in [1.54, 1.807) is 0 Å². The van der Waals surface area contributed by atoms with Crippen LogP contribution in [0.25, 0.3) is 0 Å². The fraction of sp³-hybridized carbons (Fsp3) is 0.833. The zero-order valence-electron chi connectivity index (χ0n) is 15.2. The van der Waals surface area contributed by atoms with Crippen LogP contribution in [0.2, 0.25) is 0 Å². The Balaban J connectivity index is 1.71. The average Bonchev–Trinajstić information content (AvgIpc) is 3.00. The maximum absolute atomic E-state index is 5.94. The number of hydrogen-bond acceptors (Lipinski definition) is 3. The van der Waals surface area contributed by atoms with E-state index in [0.29, 0.717) is 12.0 Å². The third-order valence-electron chi connectivity index (χ3n) is 4.62. The standard InChI is InChI=1S/C18H33N3O2/c1-18(2,3)16-15(8-12-23-16)13-21-17(19-4)20-9-5-14-6-10-22-11-7-14/h6,15-16H,5,7-13H2,1-4H3,(H2,19,20,21)/t15-,16+/m0/s1. The molecule has 0 aromatic carbocycles. The number of nitrogens with zero attached hydrogens (tertiary/aromatic N) is 1. The molecule has 1 fully saturated rings. The maximum atomic E-state index is 5.94. The van der Waals surface area contributed by atoms with E-state index >= 15 is 0 Å². The minimum atomic E-state index is 0.190. The van der Waals surface area contributed by atoms with Crippen molar-refractivity contribution >= 4 is 5.96 Å². The monoisotopic (exact) mass is 323 g/mol. The van der Waals surface area contributed by atoms with Crippen LogP contribution < -0.4 is 10.6 Å². The van der Waals surface area contributed by atoms with Gasteiger partial charge in [-0.25, -0.2) is 0 Å². The van der Waals surface area contributed by atoms with Gasteiger partial charge in [0.25, 0.3) is 0 Å². The number of rotatable bonds is 5. The molecule has 2 rings (SSSR count). The molecular weight excluding hydrogens is 290 g/mol. The number of ether oxygens (including phenoxy) is 2. The predicted octanol–water partition coefficient (Wildman–Crippen LogP) is 2.34. The van der Waals surface area contributed by atoms with Crippen molar-refractivity contribution in [2.24, 2.45) is 16.3 Å². The quantitative estimate of drug-likeness (QED) is 0.463. The van der Waals surface area contributed by atoms with E-state index < -0.39 is 0 Å². The second kappa shape index (κ2) is 8.69. The summed E-state index contributed by atoms with van der Waals surface area (Å²) in [5.74, 6) is 1.43. The Morgan fingerprint density at radius 2 is 2.13 bits per heavy atom. The van der Waals surface area contributed by atoms with Crippen molar-refractivity contribution in [2.45, 2.75) is 46.1 Å². The molecule has 0 spiro atoms. The van der Waals surface area contributed by atoms with Crippen molar-refractivity contribution in [3.05, 3.63) is 11.6 Å². The van der Waals surface area contributed by atoms with Gasteiger partial charge in [-0.15, -0.1) is 0 Å². The predicted molar refractivity (Wildman–Crippen MR) is 94.8 cm³/mol. The molecule has 1 saturated heterocycles. The molecule has 0 unspecified atom stereocenters. The van der Waals surface area contributed by atoms with Gasteiger partial charge in [0.1, 0.15) is 0 Å². The molecule has 0 radical (unpaired) electrons. The Bertz CT molecular complexity index is 426. The molecule has 0 bridgehead atoms. The minimum absolute atomic E-state index is 0.190. The van der Waals surface area contributed by atoms with Gasteiger partial charge < -0.3 is 20.1 Å². The molecule has 0 aromatic heterocycles. The Kier molecular flexibility index (Phi) is 6.90. The smallest absolute Gasteiger partial charge is 0.190 e. The number of hydrogen-bond donors (Lipinski definition) is 2. The van der Waals surface area contributed by atoms with Gasteiger partial charge in [-0.1, -0.05) is 32.4 Å². The molecular formula is C18H33N3O2. The number of nitrogens with one attached hydrogen (secondary N) is 2. The summed E-state index contributed by atoms with van der Waals surface area (Å²) in [6.45, 7) is 11.1. The molecule has 2 heterocycles. The van der Waals surface area contributed by atoms with Crippen LogP contribution in [0.3, 0.4) is 0 Å². The first-order chi connectivity index (χ1) is 11.0. The fourth-order valence-electron chi connectivity index (χ4n) is 3.38. The number of guanidine groups is 1. The van der Waals surface area contributed by atoms with Gasteiger partial charge >= 0.3 is 0 Å². The van der Waals surface area contributed by atoms with E-state index in [2.05, 4.69) is 42.5 Å². The van der Waals surface area contributed by atoms with E-state index in [1.165, 1.54) is 5.57 Å². The molecule has 23 heavy (non-hydrogen) atoms. The summed E-state index contributed by atoms with van der Waals surface area (Å²) >= 11 is 0. The summed E-state index contributed by atoms with van der Waals surface area (Å²) in [7, 11) is 1.83. The maximum Gasteiger partial charge on any atom is 0.190 e. The van der Waals surface area contributed by atoms with Crippen molar-refractivity contribution in [2.75, 3.05) is 40.0 Å². The van der Waals surface area contributed by atoms with Crippen LogP contribution in [0.5, 0.6) is 0 Å². The first-order valence-electron chi connectivity index (χ1n) is 8.82. The van der Waals surface area contributed by atoms with Crippen LogP contribution in [-0.2, 0) is 9.47 Å². The second-order valence-electron chi connectivity index (χ2n) is 7.52. The highest BCUT2D eigenvalue weighted by Crippen LogP contribution is 2.34. The molecule has 2 aliphatic rings. The van der Waals surface area contributed by atoms with Crippen molar-refractivity contribution in [1.29, 1.82) is 0 Å². The molecule has 2 aliphatic heterocycles. The lowest BCUT2D eigenvalue weighted by atomic mass is 9.81. The van der Waals surface area contributed by atoms with Crippen LogP contribution in [0, 0.1) is 11.3 Å². The molecule has 0 aromatic rings. The first-order valence-corrected chi connectivity index (χ1v) is 8.82. The zero-order chi connectivity index (χ0) is 16.7. The highest BCUT2D eigenvalue weighted by Gasteiger charge is 2.37.